The number of ether oxygens (including phenoxy) is 2. The summed E-state index contributed by atoms with van der Waals surface area (Å²) in [5.74, 6) is 2.48. The molecule has 1 aromatic carbocycles. The highest BCUT2D eigenvalue weighted by molar-refractivity contribution is 6.30. The number of hydrogen-bond donors (Lipinski definition) is 0. The van der Waals surface area contributed by atoms with Crippen LogP contribution in [0.4, 0.5) is 5.95 Å². The molecule has 3 aromatic rings. The van der Waals surface area contributed by atoms with Gasteiger partial charge in [-0.2, -0.15) is 0 Å². The highest BCUT2D eigenvalue weighted by atomic mass is 35.5. The molecule has 0 N–H and O–H groups in total. The third-order valence-electron chi connectivity index (χ3n) is 5.84. The molecular weight excluding hydrogens is 402 g/mol. The van der Waals surface area contributed by atoms with E-state index in [0.717, 1.165) is 66.8 Å². The molecule has 8 heteroatoms. The molecule has 4 heterocycles. The van der Waals surface area contributed by atoms with Gasteiger partial charge in [0.15, 0.2) is 0 Å². The summed E-state index contributed by atoms with van der Waals surface area (Å²) in [5, 5.41) is 9.81. The van der Waals surface area contributed by atoms with Crippen LogP contribution >= 0.6 is 11.6 Å². The van der Waals surface area contributed by atoms with Crippen LogP contribution in [0.1, 0.15) is 24.2 Å². The van der Waals surface area contributed by atoms with Gasteiger partial charge in [0.05, 0.1) is 11.8 Å². The van der Waals surface area contributed by atoms with Crippen LogP contribution in [0.2, 0.25) is 5.02 Å². The summed E-state index contributed by atoms with van der Waals surface area (Å²) in [5.41, 5.74) is 2.24. The normalized spacial score (nSPS) is 19.1. The molecule has 0 spiro atoms. The molecule has 0 aliphatic carbocycles. The number of pyridine rings is 1. The van der Waals surface area contributed by atoms with Crippen molar-refractivity contribution in [2.75, 3.05) is 25.1 Å². The van der Waals surface area contributed by atoms with Crippen LogP contribution in [-0.2, 0) is 17.6 Å². The van der Waals surface area contributed by atoms with E-state index in [1.54, 1.807) is 13.3 Å². The summed E-state index contributed by atoms with van der Waals surface area (Å²) < 4.78 is 13.9. The first-order valence-electron chi connectivity index (χ1n) is 10.3. The van der Waals surface area contributed by atoms with Crippen molar-refractivity contribution in [1.82, 2.24) is 19.7 Å². The SMILES string of the molecule is COC1Cc2cc(Cl)ccc2-n2c(nnc2N2CCC(Oc3ccccn3)CC2)C1. The quantitative estimate of drug-likeness (QED) is 0.637. The monoisotopic (exact) mass is 425 g/mol. The van der Waals surface area contributed by atoms with Crippen LogP contribution in [0.5, 0.6) is 5.88 Å². The lowest BCUT2D eigenvalue weighted by Gasteiger charge is -2.32. The fourth-order valence-electron chi connectivity index (χ4n) is 4.28. The second-order valence-corrected chi connectivity index (χ2v) is 8.20. The molecule has 5 rings (SSSR count). The molecule has 1 fully saturated rings. The zero-order valence-electron chi connectivity index (χ0n) is 16.9. The first-order chi connectivity index (χ1) is 14.7. The van der Waals surface area contributed by atoms with Crippen LogP contribution < -0.4 is 9.64 Å². The molecule has 1 unspecified atom stereocenters. The van der Waals surface area contributed by atoms with Gasteiger partial charge < -0.3 is 14.4 Å². The lowest BCUT2D eigenvalue weighted by molar-refractivity contribution is 0.103. The fraction of sp³-hybridized carbons (Fsp3) is 0.409. The fourth-order valence-corrected chi connectivity index (χ4v) is 4.47. The predicted octanol–water partition coefficient (Wildman–Crippen LogP) is 3.48. The van der Waals surface area contributed by atoms with Crippen LogP contribution in [-0.4, -0.2) is 52.2 Å². The van der Waals surface area contributed by atoms with E-state index in [-0.39, 0.29) is 12.2 Å². The van der Waals surface area contributed by atoms with Gasteiger partial charge in [-0.1, -0.05) is 17.7 Å². The number of hydrogen-bond acceptors (Lipinski definition) is 6. The molecule has 2 aliphatic rings. The third kappa shape index (κ3) is 3.75. The Bertz CT molecular complexity index is 1020. The van der Waals surface area contributed by atoms with Crippen molar-refractivity contribution in [3.05, 3.63) is 59.0 Å². The molecular formula is C22H24ClN5O2. The van der Waals surface area contributed by atoms with E-state index in [4.69, 9.17) is 21.1 Å². The lowest BCUT2D eigenvalue weighted by atomic mass is 10.1. The molecule has 7 nitrogen and oxygen atoms in total. The summed E-state index contributed by atoms with van der Waals surface area (Å²) in [4.78, 5) is 6.56. The maximum atomic E-state index is 6.28. The number of benzene rings is 1. The lowest BCUT2D eigenvalue weighted by Crippen LogP contribution is -2.39. The Morgan fingerprint density at radius 3 is 2.67 bits per heavy atom. The Hall–Kier alpha value is -2.64. The zero-order valence-corrected chi connectivity index (χ0v) is 17.6. The van der Waals surface area contributed by atoms with Gasteiger partial charge in [0.1, 0.15) is 11.9 Å². The van der Waals surface area contributed by atoms with Crippen molar-refractivity contribution in [3.63, 3.8) is 0 Å². The Morgan fingerprint density at radius 2 is 1.90 bits per heavy atom. The van der Waals surface area contributed by atoms with Gasteiger partial charge in [-0.05, 0) is 29.8 Å². The van der Waals surface area contributed by atoms with E-state index in [1.165, 1.54) is 0 Å². The number of fused-ring (bicyclic) bond motifs is 3. The molecule has 1 atom stereocenters. The average molecular weight is 426 g/mol. The van der Waals surface area contributed by atoms with E-state index < -0.39 is 0 Å². The predicted molar refractivity (Wildman–Crippen MR) is 115 cm³/mol. The van der Waals surface area contributed by atoms with Crippen LogP contribution in [0.15, 0.2) is 42.6 Å². The van der Waals surface area contributed by atoms with E-state index >= 15 is 0 Å². The van der Waals surface area contributed by atoms with Gasteiger partial charge in [-0.3, -0.25) is 4.57 Å². The molecule has 0 radical (unpaired) electrons. The van der Waals surface area contributed by atoms with Gasteiger partial charge in [0.25, 0.3) is 0 Å². The Morgan fingerprint density at radius 1 is 1.03 bits per heavy atom. The Kier molecular flexibility index (Phi) is 5.31. The van der Waals surface area contributed by atoms with Crippen molar-refractivity contribution < 1.29 is 9.47 Å². The van der Waals surface area contributed by atoms with Gasteiger partial charge in [-0.15, -0.1) is 10.2 Å². The Balaban J connectivity index is 1.39. The highest BCUT2D eigenvalue weighted by Crippen LogP contribution is 2.32. The van der Waals surface area contributed by atoms with Crippen molar-refractivity contribution >= 4 is 17.5 Å². The van der Waals surface area contributed by atoms with E-state index in [2.05, 4.69) is 30.7 Å². The molecule has 0 bridgehead atoms. The third-order valence-corrected chi connectivity index (χ3v) is 6.07. The summed E-state index contributed by atoms with van der Waals surface area (Å²) in [7, 11) is 1.74. The number of halogens is 1. The minimum Gasteiger partial charge on any atom is -0.474 e. The van der Waals surface area contributed by atoms with Crippen molar-refractivity contribution in [2.45, 2.75) is 37.9 Å². The molecule has 2 aromatic heterocycles. The highest BCUT2D eigenvalue weighted by Gasteiger charge is 2.30. The van der Waals surface area contributed by atoms with Gasteiger partial charge in [-0.25, -0.2) is 4.98 Å². The van der Waals surface area contributed by atoms with Gasteiger partial charge >= 0.3 is 0 Å². The topological polar surface area (TPSA) is 65.3 Å². The summed E-state index contributed by atoms with van der Waals surface area (Å²) in [6.07, 6.45) is 5.31. The first-order valence-corrected chi connectivity index (χ1v) is 10.7. The second kappa shape index (κ2) is 8.24. The largest absolute Gasteiger partial charge is 0.474 e. The van der Waals surface area contributed by atoms with E-state index in [1.807, 2.05) is 30.3 Å². The first kappa shape index (κ1) is 19.3. The average Bonchev–Trinajstić information content (AvgIpc) is 3.11. The zero-order chi connectivity index (χ0) is 20.5. The van der Waals surface area contributed by atoms with Crippen molar-refractivity contribution in [3.8, 4) is 11.6 Å². The molecule has 2 aliphatic heterocycles. The molecule has 0 saturated carbocycles. The van der Waals surface area contributed by atoms with E-state index in [9.17, 15) is 0 Å². The van der Waals surface area contributed by atoms with Crippen LogP contribution in [0.3, 0.4) is 0 Å². The number of methoxy groups -OCH3 is 1. The van der Waals surface area contributed by atoms with Crippen molar-refractivity contribution in [1.29, 1.82) is 0 Å². The number of aromatic nitrogens is 4. The number of piperidine rings is 1. The maximum Gasteiger partial charge on any atom is 0.231 e. The summed E-state index contributed by atoms with van der Waals surface area (Å²) >= 11 is 6.28. The van der Waals surface area contributed by atoms with Gasteiger partial charge in [0, 0.05) is 63.2 Å². The van der Waals surface area contributed by atoms with Gasteiger partial charge in [0.2, 0.25) is 11.8 Å². The molecule has 1 saturated heterocycles. The number of rotatable bonds is 4. The minimum atomic E-state index is 0.0537. The minimum absolute atomic E-state index is 0.0537. The smallest absolute Gasteiger partial charge is 0.231 e. The maximum absolute atomic E-state index is 6.28. The second-order valence-electron chi connectivity index (χ2n) is 7.76. The standard InChI is InChI=1S/C22H24ClN5O2/c1-29-18-13-15-12-16(23)5-6-19(15)28-20(14-18)25-26-22(28)27-10-7-17(8-11-27)30-21-4-2-3-9-24-21/h2-6,9,12,17-18H,7-8,10-11,13-14H2,1H3. The molecule has 0 amide bonds. The van der Waals surface area contributed by atoms with Crippen LogP contribution in [0.25, 0.3) is 5.69 Å². The van der Waals surface area contributed by atoms with Crippen molar-refractivity contribution in [2.24, 2.45) is 0 Å². The summed E-state index contributed by atoms with van der Waals surface area (Å²) in [6.45, 7) is 1.71. The van der Waals surface area contributed by atoms with Crippen LogP contribution in [0, 0.1) is 0 Å². The number of anilines is 1. The number of nitrogens with zero attached hydrogens (tertiary/aromatic N) is 5. The molecule has 30 heavy (non-hydrogen) atoms. The summed E-state index contributed by atoms with van der Waals surface area (Å²) in [6, 6.07) is 11.7. The van der Waals surface area contributed by atoms with E-state index in [0.29, 0.717) is 5.88 Å². The molecule has 156 valence electrons. The Labute approximate surface area is 180 Å².